The van der Waals surface area contributed by atoms with Crippen LogP contribution in [0, 0.1) is 0 Å². The second kappa shape index (κ2) is 25.3. The summed E-state index contributed by atoms with van der Waals surface area (Å²) in [6.07, 6.45) is -53.0. The van der Waals surface area contributed by atoms with Crippen molar-refractivity contribution in [1.82, 2.24) is 10.6 Å². The molecule has 32 nitrogen and oxygen atoms in total. The van der Waals surface area contributed by atoms with Crippen LogP contribution in [0.4, 0.5) is 0 Å². The molecular formula is C40H68N2O30. The Hall–Kier alpha value is -2.18. The minimum atomic E-state index is -2.22. The molecule has 0 unspecified atom stereocenters. The number of aliphatic hydroxyl groups is 17. The van der Waals surface area contributed by atoms with Crippen LogP contribution in [-0.4, -0.2) is 316 Å². The van der Waals surface area contributed by atoms with Crippen LogP contribution in [0.3, 0.4) is 0 Å². The fraction of sp³-hybridized carbons (Fsp3) is 0.950. The van der Waals surface area contributed by atoms with Crippen LogP contribution < -0.4 is 10.6 Å². The number of ether oxygens (including phenoxy) is 11. The predicted molar refractivity (Wildman–Crippen MR) is 221 cm³/mol. The normalized spacial score (nSPS) is 50.3. The van der Waals surface area contributed by atoms with Crippen LogP contribution in [0.5, 0.6) is 0 Å². The Morgan fingerprint density at radius 3 is 1.25 bits per heavy atom. The molecule has 19 N–H and O–H groups in total. The second-order valence-electron chi connectivity index (χ2n) is 18.2. The Balaban J connectivity index is 1.35. The van der Waals surface area contributed by atoms with Crippen LogP contribution in [0.2, 0.25) is 0 Å². The van der Waals surface area contributed by atoms with Crippen molar-refractivity contribution in [2.24, 2.45) is 0 Å². The van der Waals surface area contributed by atoms with E-state index in [-0.39, 0.29) is 0 Å². The van der Waals surface area contributed by atoms with Gasteiger partial charge in [-0.25, -0.2) is 0 Å². The minimum Gasteiger partial charge on any atom is -0.394 e. The number of hydrogen-bond donors (Lipinski definition) is 19. The van der Waals surface area contributed by atoms with Gasteiger partial charge in [-0.15, -0.1) is 0 Å². The highest BCUT2D eigenvalue weighted by Gasteiger charge is 2.59. The maximum absolute atomic E-state index is 13.1. The molecule has 0 saturated carbocycles. The average molecular weight is 1060 g/mol. The summed E-state index contributed by atoms with van der Waals surface area (Å²) in [6.45, 7) is -1.62. The number of amides is 2. The van der Waals surface area contributed by atoms with Crippen molar-refractivity contribution < 1.29 is 149 Å². The molecule has 0 spiro atoms. The van der Waals surface area contributed by atoms with Crippen molar-refractivity contribution in [3.05, 3.63) is 0 Å². The first kappa shape index (κ1) is 59.1. The monoisotopic (exact) mass is 1060 g/mol. The van der Waals surface area contributed by atoms with Crippen LogP contribution in [0.25, 0.3) is 0 Å². The summed E-state index contributed by atoms with van der Waals surface area (Å²) in [4.78, 5) is 25.2. The summed E-state index contributed by atoms with van der Waals surface area (Å²) in [5.74, 6) is -1.66. The molecule has 0 aromatic rings. The maximum Gasteiger partial charge on any atom is 0.217 e. The molecule has 0 aromatic carbocycles. The Morgan fingerprint density at radius 2 is 0.750 bits per heavy atom. The highest BCUT2D eigenvalue weighted by Crippen LogP contribution is 2.38. The van der Waals surface area contributed by atoms with Crippen LogP contribution >= 0.6 is 0 Å². The molecule has 6 heterocycles. The zero-order valence-corrected chi connectivity index (χ0v) is 38.8. The van der Waals surface area contributed by atoms with E-state index in [0.717, 1.165) is 13.8 Å². The SMILES string of the molecule is CC(=O)N[C@H]1[C@H](O[C@H]2[C@@H](O)[C@@H](CO)O[C@@H](O[C@H]3[C@H](O[C@@H]4O[C@@H](C)[C@@H](O)[C@@H](O)[C@@H]4O)[C@@H](NC(C)=O)[C@H](O[C@H]4[C@@H](O)[C@@H](CO)O[C@@H](O[C@H]5[C@H](O)[C@@H](O)[C@H](O)O[C@@H]5CO)[C@@H]4O)O[C@@H]3CO)[C@@H]2O)O[C@H](CO)[C@@H](O)[C@@H]1O. The largest absolute Gasteiger partial charge is 0.394 e. The Morgan fingerprint density at radius 1 is 0.361 bits per heavy atom. The van der Waals surface area contributed by atoms with E-state index in [4.69, 9.17) is 52.1 Å². The molecule has 2 amide bonds. The highest BCUT2D eigenvalue weighted by molar-refractivity contribution is 5.73. The third-order valence-corrected chi connectivity index (χ3v) is 13.2. The van der Waals surface area contributed by atoms with Crippen LogP contribution in [0.15, 0.2) is 0 Å². The quantitative estimate of drug-likeness (QED) is 0.0643. The molecule has 32 heteroatoms. The summed E-state index contributed by atoms with van der Waals surface area (Å²) in [7, 11) is 0. The van der Waals surface area contributed by atoms with Gasteiger partial charge in [-0.1, -0.05) is 0 Å². The molecule has 6 rings (SSSR count). The molecule has 6 saturated heterocycles. The summed E-state index contributed by atoms with van der Waals surface area (Å²) in [5.41, 5.74) is 0. The molecule has 0 aromatic heterocycles. The summed E-state index contributed by atoms with van der Waals surface area (Å²) in [6, 6.07) is -3.46. The summed E-state index contributed by atoms with van der Waals surface area (Å²) < 4.78 is 63.9. The van der Waals surface area contributed by atoms with Gasteiger partial charge in [0.25, 0.3) is 0 Å². The standard InChI is InChI=1S/C40H68N2O30/c1-9-19(50)24(55)27(58)38(62-9)70-32-18(42-11(3)49)37(72-34-22(53)13(5-44)65-39(28(34)59)68-30-15(7-46)63-35(61)26(57)25(30)56)67-16(8-47)31(32)69-40-29(60)33(21(52)14(6-45)66-40)71-36-17(41-10(2)48)23(54)20(51)12(4-43)64-36/h9,12-40,43-47,50-61H,4-8H2,1-3H3,(H,41,48)(H,42,49)/t9-,12+,13+,14+,15+,16+,17+,18+,19+,20+,21-,22-,23+,24+,25+,26+,27-,28+,29+,30+,31+,32+,33-,34-,35+,36-,37-,38-,39-,40-/m0/s1. The van der Waals surface area contributed by atoms with E-state index in [1.807, 2.05) is 0 Å². The van der Waals surface area contributed by atoms with Crippen molar-refractivity contribution >= 4 is 11.8 Å². The topological polar surface area (TPSA) is 504 Å². The average Bonchev–Trinajstić information content (AvgIpc) is 3.34. The Bertz CT molecular complexity index is 1730. The molecule has 418 valence electrons. The molecule has 72 heavy (non-hydrogen) atoms. The van der Waals surface area contributed by atoms with Crippen molar-refractivity contribution in [3.8, 4) is 0 Å². The van der Waals surface area contributed by atoms with Gasteiger partial charge in [-0.3, -0.25) is 9.59 Å². The van der Waals surface area contributed by atoms with Crippen molar-refractivity contribution in [3.63, 3.8) is 0 Å². The van der Waals surface area contributed by atoms with E-state index in [1.54, 1.807) is 0 Å². The lowest BCUT2D eigenvalue weighted by atomic mass is 9.93. The molecule has 0 aliphatic carbocycles. The predicted octanol–water partition coefficient (Wildman–Crippen LogP) is -12.8. The summed E-state index contributed by atoms with van der Waals surface area (Å²) >= 11 is 0. The third-order valence-electron chi connectivity index (χ3n) is 13.2. The van der Waals surface area contributed by atoms with Gasteiger partial charge in [0.15, 0.2) is 37.7 Å². The first-order valence-electron chi connectivity index (χ1n) is 23.0. The minimum absolute atomic E-state index is 0.763. The Kier molecular flexibility index (Phi) is 20.8. The number of nitrogens with one attached hydrogen (secondary N) is 2. The maximum atomic E-state index is 13.1. The number of carbonyl (C=O) groups excluding carboxylic acids is 2. The molecule has 6 fully saturated rings. The van der Waals surface area contributed by atoms with E-state index in [2.05, 4.69) is 10.6 Å². The number of rotatable bonds is 17. The zero-order chi connectivity index (χ0) is 53.2. The van der Waals surface area contributed by atoms with E-state index < -0.39 is 229 Å². The number of carbonyl (C=O) groups is 2. The molecule has 30 atom stereocenters. The van der Waals surface area contributed by atoms with Gasteiger partial charge in [0, 0.05) is 13.8 Å². The van der Waals surface area contributed by atoms with Gasteiger partial charge >= 0.3 is 0 Å². The van der Waals surface area contributed by atoms with Gasteiger partial charge in [0.2, 0.25) is 11.8 Å². The molecule has 6 aliphatic heterocycles. The van der Waals surface area contributed by atoms with Gasteiger partial charge in [0.1, 0.15) is 140 Å². The lowest BCUT2D eigenvalue weighted by molar-refractivity contribution is -0.395. The van der Waals surface area contributed by atoms with E-state index in [0.29, 0.717) is 0 Å². The Labute approximate surface area is 408 Å². The second-order valence-corrected chi connectivity index (χ2v) is 18.2. The van der Waals surface area contributed by atoms with Crippen LogP contribution in [0.1, 0.15) is 20.8 Å². The van der Waals surface area contributed by atoms with Crippen molar-refractivity contribution in [2.75, 3.05) is 33.0 Å². The fourth-order valence-corrected chi connectivity index (χ4v) is 9.26. The van der Waals surface area contributed by atoms with E-state index in [1.165, 1.54) is 6.92 Å². The number of hydrogen-bond acceptors (Lipinski definition) is 30. The van der Waals surface area contributed by atoms with Crippen molar-refractivity contribution in [2.45, 2.75) is 205 Å². The first-order chi connectivity index (χ1) is 34.0. The highest BCUT2D eigenvalue weighted by atomic mass is 16.8. The number of aliphatic hydroxyl groups excluding tert-OH is 17. The van der Waals surface area contributed by atoms with E-state index >= 15 is 0 Å². The van der Waals surface area contributed by atoms with Gasteiger partial charge < -0.3 is 150 Å². The fourth-order valence-electron chi connectivity index (χ4n) is 9.26. The summed E-state index contributed by atoms with van der Waals surface area (Å²) in [5, 5.41) is 187. The van der Waals surface area contributed by atoms with Crippen LogP contribution in [-0.2, 0) is 61.7 Å². The third kappa shape index (κ3) is 12.5. The lowest BCUT2D eigenvalue weighted by Gasteiger charge is -2.52. The molecule has 0 radical (unpaired) electrons. The van der Waals surface area contributed by atoms with E-state index in [9.17, 15) is 96.4 Å². The molecule has 0 bridgehead atoms. The zero-order valence-electron chi connectivity index (χ0n) is 38.8. The molecular weight excluding hydrogens is 988 g/mol. The van der Waals surface area contributed by atoms with Gasteiger partial charge in [-0.2, -0.15) is 0 Å². The van der Waals surface area contributed by atoms with Crippen molar-refractivity contribution in [1.29, 1.82) is 0 Å². The van der Waals surface area contributed by atoms with Gasteiger partial charge in [-0.05, 0) is 6.92 Å². The lowest BCUT2D eigenvalue weighted by Crippen LogP contribution is -2.71. The molecule has 6 aliphatic rings. The smallest absolute Gasteiger partial charge is 0.217 e. The van der Waals surface area contributed by atoms with Gasteiger partial charge in [0.05, 0.1) is 39.1 Å². The first-order valence-corrected chi connectivity index (χ1v) is 23.0.